The zero-order valence-corrected chi connectivity index (χ0v) is 24.1. The molecule has 7 heteroatoms. The molecular formula is C30H56NO6+. The highest BCUT2D eigenvalue weighted by Gasteiger charge is 2.52. The van der Waals surface area contributed by atoms with Crippen molar-refractivity contribution < 1.29 is 34.2 Å². The number of aliphatic carboxylic acids is 3. The summed E-state index contributed by atoms with van der Waals surface area (Å²) in [7, 11) is 0. The molecule has 37 heavy (non-hydrogen) atoms. The first kappa shape index (κ1) is 35.1. The van der Waals surface area contributed by atoms with Gasteiger partial charge in [-0.3, -0.25) is 4.48 Å². The highest BCUT2D eigenvalue weighted by molar-refractivity contribution is 5.77. The minimum Gasteiger partial charge on any atom is -0.477 e. The van der Waals surface area contributed by atoms with Crippen LogP contribution in [0.15, 0.2) is 12.2 Å². The van der Waals surface area contributed by atoms with Crippen LogP contribution in [0.1, 0.15) is 137 Å². The van der Waals surface area contributed by atoms with E-state index in [1.807, 2.05) is 0 Å². The fourth-order valence-electron chi connectivity index (χ4n) is 5.37. The van der Waals surface area contributed by atoms with Gasteiger partial charge in [0, 0.05) is 0 Å². The van der Waals surface area contributed by atoms with Gasteiger partial charge in [0.15, 0.2) is 18.1 Å². The minimum absolute atomic E-state index is 0.196. The second-order valence-electron chi connectivity index (χ2n) is 10.8. The molecule has 7 nitrogen and oxygen atoms in total. The van der Waals surface area contributed by atoms with Gasteiger partial charge in [0.05, 0.1) is 6.54 Å². The molecule has 0 aliphatic carbocycles. The number of nitrogens with zero attached hydrogens (tertiary/aromatic N) is 1. The smallest absolute Gasteiger partial charge is 0.362 e. The minimum atomic E-state index is -1.18. The molecule has 0 fully saturated rings. The number of carboxylic acid groups (broad SMARTS) is 3. The summed E-state index contributed by atoms with van der Waals surface area (Å²) in [5.41, 5.74) is 0. The first-order chi connectivity index (χ1) is 17.6. The van der Waals surface area contributed by atoms with Crippen LogP contribution in [0.4, 0.5) is 0 Å². The molecule has 0 aliphatic rings. The summed E-state index contributed by atoms with van der Waals surface area (Å²) < 4.78 is -0.497. The number of carbonyl (C=O) groups is 3. The number of quaternary nitrogens is 1. The first-order valence-electron chi connectivity index (χ1n) is 14.8. The van der Waals surface area contributed by atoms with E-state index in [1.165, 1.54) is 104 Å². The van der Waals surface area contributed by atoms with Crippen LogP contribution >= 0.6 is 0 Å². The van der Waals surface area contributed by atoms with E-state index in [1.54, 1.807) is 0 Å². The highest BCUT2D eigenvalue weighted by Crippen LogP contribution is 2.27. The summed E-state index contributed by atoms with van der Waals surface area (Å²) in [5.74, 6) is -3.54. The molecular weight excluding hydrogens is 470 g/mol. The van der Waals surface area contributed by atoms with Crippen LogP contribution in [0, 0.1) is 0 Å². The molecule has 3 N–H and O–H groups in total. The van der Waals surface area contributed by atoms with Crippen molar-refractivity contribution in [2.75, 3.05) is 6.54 Å². The zero-order valence-electron chi connectivity index (χ0n) is 24.1. The van der Waals surface area contributed by atoms with Gasteiger partial charge >= 0.3 is 17.9 Å². The van der Waals surface area contributed by atoms with Crippen molar-refractivity contribution in [3.8, 4) is 0 Å². The van der Waals surface area contributed by atoms with Gasteiger partial charge in [-0.2, -0.15) is 0 Å². The van der Waals surface area contributed by atoms with Crippen LogP contribution in [0.25, 0.3) is 0 Å². The van der Waals surface area contributed by atoms with Gasteiger partial charge in [-0.15, -0.1) is 0 Å². The number of unbranched alkanes of at least 4 members (excludes halogenated alkanes) is 15. The largest absolute Gasteiger partial charge is 0.477 e. The maximum Gasteiger partial charge on any atom is 0.362 e. The summed E-state index contributed by atoms with van der Waals surface area (Å²) in [4.78, 5) is 35.4. The number of hydrogen-bond donors (Lipinski definition) is 3. The number of hydrogen-bond acceptors (Lipinski definition) is 3. The lowest BCUT2D eigenvalue weighted by molar-refractivity contribution is -0.968. The molecule has 0 radical (unpaired) electrons. The van der Waals surface area contributed by atoms with Crippen molar-refractivity contribution in [3.05, 3.63) is 12.2 Å². The SMILES string of the molecule is CCCCCCCCCCCCCCC/C=C/CCCC[N+](C(C)C(=O)O)(C(C)C(=O)O)C(C)C(=O)O. The van der Waals surface area contributed by atoms with Crippen LogP contribution in [-0.4, -0.2) is 62.4 Å². The lowest BCUT2D eigenvalue weighted by Crippen LogP contribution is -2.70. The normalized spacial score (nSPS) is 15.8. The van der Waals surface area contributed by atoms with E-state index >= 15 is 0 Å². The van der Waals surface area contributed by atoms with Gasteiger partial charge in [-0.05, 0) is 52.9 Å². The lowest BCUT2D eigenvalue weighted by atomic mass is 10.0. The Balaban J connectivity index is 4.20. The Morgan fingerprint density at radius 3 is 1.16 bits per heavy atom. The van der Waals surface area contributed by atoms with Crippen LogP contribution in [-0.2, 0) is 14.4 Å². The zero-order chi connectivity index (χ0) is 28.1. The van der Waals surface area contributed by atoms with Crippen molar-refractivity contribution >= 4 is 17.9 Å². The molecule has 0 rings (SSSR count). The monoisotopic (exact) mass is 526 g/mol. The summed E-state index contributed by atoms with van der Waals surface area (Å²) in [6.45, 7) is 6.69. The Morgan fingerprint density at radius 1 is 0.541 bits per heavy atom. The summed E-state index contributed by atoms with van der Waals surface area (Å²) in [6, 6.07) is -3.41. The average molecular weight is 527 g/mol. The number of allylic oxidation sites excluding steroid dienone is 2. The van der Waals surface area contributed by atoms with Gasteiger partial charge in [0.1, 0.15) is 0 Å². The maximum atomic E-state index is 11.8. The summed E-state index contributed by atoms with van der Waals surface area (Å²) in [6.07, 6.45) is 25.0. The molecule has 0 aromatic heterocycles. The van der Waals surface area contributed by atoms with Crippen molar-refractivity contribution in [1.29, 1.82) is 0 Å². The van der Waals surface area contributed by atoms with E-state index < -0.39 is 40.5 Å². The van der Waals surface area contributed by atoms with E-state index in [0.717, 1.165) is 19.3 Å². The Labute approximate surface area is 225 Å². The van der Waals surface area contributed by atoms with Crippen molar-refractivity contribution in [3.63, 3.8) is 0 Å². The molecule has 0 saturated heterocycles. The molecule has 0 spiro atoms. The Hall–Kier alpha value is -1.89. The molecule has 0 bridgehead atoms. The first-order valence-corrected chi connectivity index (χ1v) is 14.8. The molecule has 0 saturated carbocycles. The second kappa shape index (κ2) is 21.1. The molecule has 3 unspecified atom stereocenters. The third-order valence-corrected chi connectivity index (χ3v) is 8.04. The molecule has 216 valence electrons. The third kappa shape index (κ3) is 14.0. The predicted octanol–water partition coefficient (Wildman–Crippen LogP) is 7.43. The topological polar surface area (TPSA) is 112 Å². The predicted molar refractivity (Wildman–Crippen MR) is 150 cm³/mol. The summed E-state index contributed by atoms with van der Waals surface area (Å²) in [5, 5.41) is 28.9. The van der Waals surface area contributed by atoms with Crippen molar-refractivity contribution in [2.24, 2.45) is 0 Å². The van der Waals surface area contributed by atoms with Gasteiger partial charge in [-0.1, -0.05) is 96.1 Å². The van der Waals surface area contributed by atoms with Crippen molar-refractivity contribution in [1.82, 2.24) is 0 Å². The van der Waals surface area contributed by atoms with E-state index in [4.69, 9.17) is 0 Å². The van der Waals surface area contributed by atoms with Gasteiger partial charge in [0.25, 0.3) is 0 Å². The fraction of sp³-hybridized carbons (Fsp3) is 0.833. The molecule has 0 aliphatic heterocycles. The molecule has 3 atom stereocenters. The molecule has 0 aromatic rings. The molecule has 0 heterocycles. The molecule has 0 aromatic carbocycles. The highest BCUT2D eigenvalue weighted by atomic mass is 16.4. The quantitative estimate of drug-likeness (QED) is 0.0648. The van der Waals surface area contributed by atoms with Gasteiger partial charge in [-0.25, -0.2) is 14.4 Å². The van der Waals surface area contributed by atoms with Crippen LogP contribution in [0.3, 0.4) is 0 Å². The lowest BCUT2D eigenvalue weighted by Gasteiger charge is -2.47. The van der Waals surface area contributed by atoms with Gasteiger partial charge in [0.2, 0.25) is 0 Å². The van der Waals surface area contributed by atoms with E-state index in [2.05, 4.69) is 19.1 Å². The molecule has 0 amide bonds. The van der Waals surface area contributed by atoms with Crippen LogP contribution < -0.4 is 0 Å². The fourth-order valence-corrected chi connectivity index (χ4v) is 5.37. The maximum absolute atomic E-state index is 11.8. The summed E-state index contributed by atoms with van der Waals surface area (Å²) >= 11 is 0. The van der Waals surface area contributed by atoms with E-state index in [9.17, 15) is 29.7 Å². The standard InChI is InChI=1S/C30H55NO6/c1-5-6-7-8-9-10-11-12-13-14-15-16-17-18-19-20-21-22-23-24-31(25(2)28(32)33,26(3)29(34)35)27(4)30(36)37/h19-20,25-27H,5-18,21-24H2,1-4H3,(H2-,32,33,34,35,36,37)/p+1/b20-19+. The van der Waals surface area contributed by atoms with E-state index in [-0.39, 0.29) is 6.54 Å². The Morgan fingerprint density at radius 2 is 0.838 bits per heavy atom. The Bertz CT molecular complexity index is 612. The van der Waals surface area contributed by atoms with Crippen LogP contribution in [0.2, 0.25) is 0 Å². The second-order valence-corrected chi connectivity index (χ2v) is 10.8. The van der Waals surface area contributed by atoms with Crippen molar-refractivity contribution in [2.45, 2.75) is 155 Å². The van der Waals surface area contributed by atoms with E-state index in [0.29, 0.717) is 6.42 Å². The van der Waals surface area contributed by atoms with Crippen LogP contribution in [0.5, 0.6) is 0 Å². The number of carboxylic acids is 3. The van der Waals surface area contributed by atoms with Gasteiger partial charge < -0.3 is 15.3 Å². The Kier molecular flexibility index (Phi) is 20.0. The third-order valence-electron chi connectivity index (χ3n) is 8.04. The number of rotatable bonds is 25. The average Bonchev–Trinajstić information content (AvgIpc) is 2.86.